The van der Waals surface area contributed by atoms with Gasteiger partial charge in [0, 0.05) is 57.3 Å². The van der Waals surface area contributed by atoms with Gasteiger partial charge in [-0.1, -0.05) is 13.3 Å². The molecule has 26 heavy (non-hydrogen) atoms. The molecule has 0 aromatic rings. The molecule has 2 saturated carbocycles. The third kappa shape index (κ3) is 4.06. The largest absolute Gasteiger partial charge is 0.341 e. The van der Waals surface area contributed by atoms with Gasteiger partial charge in [-0.25, -0.2) is 0 Å². The quantitative estimate of drug-likeness (QED) is 0.806. The van der Waals surface area contributed by atoms with Gasteiger partial charge in [0.2, 0.25) is 5.91 Å². The van der Waals surface area contributed by atoms with Crippen molar-refractivity contribution in [3.05, 3.63) is 0 Å². The Balaban J connectivity index is 0.00000196. The van der Waals surface area contributed by atoms with E-state index in [1.54, 1.807) is 0 Å². The lowest BCUT2D eigenvalue weighted by molar-refractivity contribution is -0.137. The Morgan fingerprint density at radius 2 is 1.65 bits per heavy atom. The SMILES string of the molecule is CCN1CCN(C2CCN(C(=O)C3CC4CCCC(C3)C4N)C2)CC1.Cl. The minimum Gasteiger partial charge on any atom is -0.341 e. The molecule has 0 radical (unpaired) electrons. The number of likely N-dealkylation sites (tertiary alicyclic amines) is 1. The number of carbonyl (C=O) groups excluding carboxylic acids is 1. The van der Waals surface area contributed by atoms with Crippen LogP contribution in [0.5, 0.6) is 0 Å². The van der Waals surface area contributed by atoms with Gasteiger partial charge in [-0.05, 0) is 50.5 Å². The van der Waals surface area contributed by atoms with E-state index in [-0.39, 0.29) is 18.3 Å². The summed E-state index contributed by atoms with van der Waals surface area (Å²) in [6.45, 7) is 10.0. The van der Waals surface area contributed by atoms with Crippen LogP contribution in [0.2, 0.25) is 0 Å². The summed E-state index contributed by atoms with van der Waals surface area (Å²) in [5.74, 6) is 1.90. The summed E-state index contributed by atoms with van der Waals surface area (Å²) in [6, 6.07) is 0.951. The van der Waals surface area contributed by atoms with Crippen molar-refractivity contribution in [1.82, 2.24) is 14.7 Å². The number of piperazine rings is 1. The maximum atomic E-state index is 13.1. The highest BCUT2D eigenvalue weighted by Gasteiger charge is 2.43. The number of halogens is 1. The zero-order valence-electron chi connectivity index (χ0n) is 16.3. The number of carbonyl (C=O) groups is 1. The standard InChI is InChI=1S/C20H36N4O.ClH/c1-2-22-8-10-23(11-9-22)18-6-7-24(14-18)20(25)17-12-15-4-3-5-16(13-17)19(15)21;/h15-19H,2-14,21H2,1H3;1H. The second kappa shape index (κ2) is 8.76. The van der Waals surface area contributed by atoms with Crippen molar-refractivity contribution in [1.29, 1.82) is 0 Å². The van der Waals surface area contributed by atoms with E-state index in [0.717, 1.165) is 38.9 Å². The van der Waals surface area contributed by atoms with E-state index in [2.05, 4.69) is 21.6 Å². The molecule has 0 spiro atoms. The van der Waals surface area contributed by atoms with Gasteiger partial charge in [0.05, 0.1) is 0 Å². The van der Waals surface area contributed by atoms with Gasteiger partial charge in [0.25, 0.3) is 0 Å². The van der Waals surface area contributed by atoms with Crippen LogP contribution in [-0.2, 0) is 4.79 Å². The van der Waals surface area contributed by atoms with Crippen LogP contribution in [0.15, 0.2) is 0 Å². The summed E-state index contributed by atoms with van der Waals surface area (Å²) in [4.78, 5) is 20.5. The Bertz CT molecular complexity index is 468. The van der Waals surface area contributed by atoms with Crippen LogP contribution in [0.1, 0.15) is 45.4 Å². The lowest BCUT2D eigenvalue weighted by atomic mass is 9.65. The Kier molecular flexibility index (Phi) is 6.87. The minimum atomic E-state index is 0. The van der Waals surface area contributed by atoms with Gasteiger partial charge < -0.3 is 15.5 Å². The average Bonchev–Trinajstić information content (AvgIpc) is 3.11. The molecule has 150 valence electrons. The van der Waals surface area contributed by atoms with Crippen molar-refractivity contribution < 1.29 is 4.79 Å². The lowest BCUT2D eigenvalue weighted by Gasteiger charge is -2.44. The number of fused-ring (bicyclic) bond motifs is 2. The molecule has 2 N–H and O–H groups in total. The molecule has 0 aromatic heterocycles. The molecule has 2 aliphatic carbocycles. The first-order valence-corrected chi connectivity index (χ1v) is 10.7. The zero-order valence-corrected chi connectivity index (χ0v) is 17.1. The number of hydrogen-bond acceptors (Lipinski definition) is 4. The summed E-state index contributed by atoms with van der Waals surface area (Å²) in [5, 5.41) is 0. The Hall–Kier alpha value is -0.360. The molecule has 6 heteroatoms. The van der Waals surface area contributed by atoms with Crippen molar-refractivity contribution in [2.45, 2.75) is 57.5 Å². The van der Waals surface area contributed by atoms with Crippen LogP contribution in [0.4, 0.5) is 0 Å². The second-order valence-corrected chi connectivity index (χ2v) is 8.89. The van der Waals surface area contributed by atoms with E-state index in [0.29, 0.717) is 29.8 Å². The predicted molar refractivity (Wildman–Crippen MR) is 107 cm³/mol. The van der Waals surface area contributed by atoms with Crippen LogP contribution in [-0.4, -0.2) is 78.5 Å². The molecule has 4 aliphatic rings. The van der Waals surface area contributed by atoms with E-state index >= 15 is 0 Å². The smallest absolute Gasteiger partial charge is 0.225 e. The molecule has 4 rings (SSSR count). The van der Waals surface area contributed by atoms with E-state index < -0.39 is 0 Å². The second-order valence-electron chi connectivity index (χ2n) is 8.89. The fourth-order valence-corrected chi connectivity index (χ4v) is 5.93. The first kappa shape index (κ1) is 20.4. The molecule has 2 saturated heterocycles. The molecule has 2 bridgehead atoms. The Labute approximate surface area is 165 Å². The Morgan fingerprint density at radius 1 is 1.00 bits per heavy atom. The average molecular weight is 385 g/mol. The fraction of sp³-hybridized carbons (Fsp3) is 0.950. The van der Waals surface area contributed by atoms with Gasteiger partial charge >= 0.3 is 0 Å². The summed E-state index contributed by atoms with van der Waals surface area (Å²) in [5.41, 5.74) is 6.41. The third-order valence-electron chi connectivity index (χ3n) is 7.61. The van der Waals surface area contributed by atoms with Crippen LogP contribution in [0.3, 0.4) is 0 Å². The maximum absolute atomic E-state index is 13.1. The van der Waals surface area contributed by atoms with E-state index in [1.165, 1.54) is 45.4 Å². The van der Waals surface area contributed by atoms with Crippen molar-refractivity contribution >= 4 is 18.3 Å². The molecule has 4 fully saturated rings. The zero-order chi connectivity index (χ0) is 17.4. The molecule has 0 aromatic carbocycles. The van der Waals surface area contributed by atoms with Gasteiger partial charge in [-0.3, -0.25) is 9.69 Å². The van der Waals surface area contributed by atoms with Crippen LogP contribution >= 0.6 is 12.4 Å². The number of hydrogen-bond donors (Lipinski definition) is 1. The van der Waals surface area contributed by atoms with Crippen molar-refractivity contribution in [2.24, 2.45) is 23.5 Å². The molecule has 3 unspecified atom stereocenters. The summed E-state index contributed by atoms with van der Waals surface area (Å²) in [6.07, 6.45) is 7.06. The molecule has 2 aliphatic heterocycles. The maximum Gasteiger partial charge on any atom is 0.225 e. The van der Waals surface area contributed by atoms with Gasteiger partial charge in [0.1, 0.15) is 0 Å². The highest BCUT2D eigenvalue weighted by atomic mass is 35.5. The molecule has 2 heterocycles. The van der Waals surface area contributed by atoms with Gasteiger partial charge in [-0.15, -0.1) is 12.4 Å². The summed E-state index contributed by atoms with van der Waals surface area (Å²) < 4.78 is 0. The van der Waals surface area contributed by atoms with E-state index in [4.69, 9.17) is 5.73 Å². The predicted octanol–water partition coefficient (Wildman–Crippen LogP) is 1.80. The molecular weight excluding hydrogens is 348 g/mol. The highest BCUT2D eigenvalue weighted by molar-refractivity contribution is 5.85. The van der Waals surface area contributed by atoms with Crippen LogP contribution in [0, 0.1) is 17.8 Å². The lowest BCUT2D eigenvalue weighted by Crippen LogP contribution is -2.52. The monoisotopic (exact) mass is 384 g/mol. The van der Waals surface area contributed by atoms with Gasteiger partial charge in [-0.2, -0.15) is 0 Å². The normalized spacial score (nSPS) is 38.8. The molecular formula is C20H37ClN4O. The first-order valence-electron chi connectivity index (χ1n) is 10.7. The summed E-state index contributed by atoms with van der Waals surface area (Å²) in [7, 11) is 0. The molecule has 3 atom stereocenters. The first-order chi connectivity index (χ1) is 12.2. The topological polar surface area (TPSA) is 52.8 Å². The molecule has 1 amide bonds. The minimum absolute atomic E-state index is 0. The van der Waals surface area contributed by atoms with Crippen molar-refractivity contribution in [2.75, 3.05) is 45.8 Å². The van der Waals surface area contributed by atoms with E-state index in [1.807, 2.05) is 0 Å². The van der Waals surface area contributed by atoms with E-state index in [9.17, 15) is 4.79 Å². The highest BCUT2D eigenvalue weighted by Crippen LogP contribution is 2.42. The van der Waals surface area contributed by atoms with Crippen molar-refractivity contribution in [3.63, 3.8) is 0 Å². The number of amides is 1. The van der Waals surface area contributed by atoms with Gasteiger partial charge in [0.15, 0.2) is 0 Å². The number of likely N-dealkylation sites (N-methyl/N-ethyl adjacent to an activating group) is 1. The number of nitrogens with zero attached hydrogens (tertiary/aromatic N) is 3. The van der Waals surface area contributed by atoms with Crippen molar-refractivity contribution in [3.8, 4) is 0 Å². The summed E-state index contributed by atoms with van der Waals surface area (Å²) >= 11 is 0. The number of rotatable bonds is 3. The Morgan fingerprint density at radius 3 is 2.27 bits per heavy atom. The van der Waals surface area contributed by atoms with Crippen LogP contribution < -0.4 is 5.73 Å². The third-order valence-corrected chi connectivity index (χ3v) is 7.61. The fourth-order valence-electron chi connectivity index (χ4n) is 5.93. The molecule has 5 nitrogen and oxygen atoms in total. The number of nitrogens with two attached hydrogens (primary N) is 1. The van der Waals surface area contributed by atoms with Crippen LogP contribution in [0.25, 0.3) is 0 Å².